The normalized spacial score (nSPS) is 18.3. The van der Waals surface area contributed by atoms with E-state index in [1.165, 1.54) is 19.8 Å². The topological polar surface area (TPSA) is 177 Å². The van der Waals surface area contributed by atoms with Crippen LogP contribution in [0.15, 0.2) is 85.8 Å². The number of halogens is 4. The molecule has 0 N–H and O–H groups in total. The highest BCUT2D eigenvalue weighted by molar-refractivity contribution is 6.30. The number of piperidine rings is 1. The third-order valence-electron chi connectivity index (χ3n) is 13.9. The highest BCUT2D eigenvalue weighted by Crippen LogP contribution is 2.62. The predicted molar refractivity (Wildman–Crippen MR) is 283 cm³/mol. The molecule has 18 nitrogen and oxygen atoms in total. The number of carbonyl (C=O) groups is 2. The van der Waals surface area contributed by atoms with Gasteiger partial charge in [-0.25, -0.2) is 29.5 Å². The summed E-state index contributed by atoms with van der Waals surface area (Å²) in [4.78, 5) is 49.7. The lowest BCUT2D eigenvalue weighted by molar-refractivity contribution is -0.0721. The lowest BCUT2D eigenvalue weighted by Crippen LogP contribution is -2.32. The molecule has 5 aromatic heterocycles. The Morgan fingerprint density at radius 1 is 0.730 bits per heavy atom. The summed E-state index contributed by atoms with van der Waals surface area (Å²) >= 11 is 12.2. The fourth-order valence-electron chi connectivity index (χ4n) is 10.3. The molecular formula is C52H56Cl4N10O8. The zero-order chi connectivity index (χ0) is 50.4. The first-order chi connectivity index (χ1) is 34.9. The van der Waals surface area contributed by atoms with Crippen LogP contribution in [0.2, 0.25) is 5.02 Å². The van der Waals surface area contributed by atoms with Crippen LogP contribution in [-0.4, -0.2) is 102 Å². The molecule has 0 bridgehead atoms. The number of benzene rings is 3. The van der Waals surface area contributed by atoms with Gasteiger partial charge in [-0.05, 0) is 74.1 Å². The minimum Gasteiger partial charge on any atom is -0.494 e. The molecule has 22 heteroatoms. The Balaban J connectivity index is 0.000000230. The van der Waals surface area contributed by atoms with Gasteiger partial charge in [0.05, 0.1) is 105 Å². The van der Waals surface area contributed by atoms with Gasteiger partial charge in [0.15, 0.2) is 11.5 Å². The smallest absolute Gasteiger partial charge is 0.338 e. The summed E-state index contributed by atoms with van der Waals surface area (Å²) in [7, 11) is 5.87. The Labute approximate surface area is 449 Å². The molecule has 0 amide bonds. The van der Waals surface area contributed by atoms with Gasteiger partial charge in [-0.1, -0.05) is 23.7 Å². The van der Waals surface area contributed by atoms with Crippen LogP contribution in [0.5, 0.6) is 23.0 Å². The molecule has 3 aromatic carbocycles. The number of aromatic nitrogens is 9. The molecule has 1 saturated heterocycles. The van der Waals surface area contributed by atoms with Gasteiger partial charge in [0.2, 0.25) is 0 Å². The molecule has 2 fully saturated rings. The largest absolute Gasteiger partial charge is 0.494 e. The van der Waals surface area contributed by atoms with Gasteiger partial charge < -0.3 is 46.7 Å². The van der Waals surface area contributed by atoms with Gasteiger partial charge in [-0.15, -0.1) is 36.4 Å². The Hall–Kier alpha value is -6.57. The van der Waals surface area contributed by atoms with Crippen molar-refractivity contribution in [2.24, 2.45) is 11.8 Å². The van der Waals surface area contributed by atoms with E-state index in [9.17, 15) is 9.59 Å². The van der Waals surface area contributed by atoms with Crippen molar-refractivity contribution in [3.63, 3.8) is 0 Å². The van der Waals surface area contributed by atoms with E-state index in [-0.39, 0.29) is 30.7 Å². The SMILES string of the molecule is CCn1cncc1Cn1c(CCl)nc2c(OC)cc(C(=O)OC)cc21.CCn1cncc1Cn1c(CN2C[C@@H]3C(c4cccc5c4OC(C)(c4ccc(Cl)cn4)O5)[C@@H]3C2)nc2c(OC)cc(C(=O)OC)cc21.Cl.Cl. The van der Waals surface area contributed by atoms with Crippen molar-refractivity contribution in [3.8, 4) is 23.0 Å². The number of pyridine rings is 1. The van der Waals surface area contributed by atoms with Crippen molar-refractivity contribution >= 4 is 82.0 Å². The number of esters is 2. The van der Waals surface area contributed by atoms with Crippen molar-refractivity contribution in [1.29, 1.82) is 0 Å². The van der Waals surface area contributed by atoms with E-state index < -0.39 is 17.7 Å². The molecule has 0 radical (unpaired) electrons. The molecule has 0 spiro atoms. The molecular weight excluding hydrogens is 1030 g/mol. The average molecular weight is 1090 g/mol. The van der Waals surface area contributed by atoms with E-state index >= 15 is 0 Å². The maximum Gasteiger partial charge on any atom is 0.338 e. The first-order valence-corrected chi connectivity index (χ1v) is 24.5. The zero-order valence-corrected chi connectivity index (χ0v) is 44.9. The quantitative estimate of drug-likeness (QED) is 0.0701. The number of fused-ring (bicyclic) bond motifs is 4. The zero-order valence-electron chi connectivity index (χ0n) is 41.8. The fraction of sp³-hybridized carbons (Fsp3) is 0.365. The third kappa shape index (κ3) is 9.92. The van der Waals surface area contributed by atoms with Gasteiger partial charge in [-0.3, -0.25) is 9.88 Å². The molecule has 11 rings (SSSR count). The van der Waals surface area contributed by atoms with Crippen molar-refractivity contribution in [2.75, 3.05) is 41.5 Å². The number of carbonyl (C=O) groups excluding carboxylic acids is 2. The van der Waals surface area contributed by atoms with Crippen LogP contribution < -0.4 is 18.9 Å². The number of nitrogens with zero attached hydrogens (tertiary/aromatic N) is 10. The molecule has 8 aromatic rings. The second-order valence-electron chi connectivity index (χ2n) is 18.0. The van der Waals surface area contributed by atoms with E-state index in [2.05, 4.69) is 53.9 Å². The number of likely N-dealkylation sites (tertiary alicyclic amines) is 1. The second kappa shape index (κ2) is 22.1. The number of rotatable bonds is 15. The third-order valence-corrected chi connectivity index (χ3v) is 14.4. The van der Waals surface area contributed by atoms with Crippen molar-refractivity contribution < 1.29 is 38.0 Å². The lowest BCUT2D eigenvalue weighted by atomic mass is 10.0. The molecule has 1 aliphatic carbocycles. The number of alkyl halides is 1. The van der Waals surface area contributed by atoms with Crippen LogP contribution in [0.4, 0.5) is 0 Å². The number of hydrogen-bond donors (Lipinski definition) is 0. The van der Waals surface area contributed by atoms with E-state index in [0.29, 0.717) is 82.1 Å². The second-order valence-corrected chi connectivity index (χ2v) is 18.7. The van der Waals surface area contributed by atoms with E-state index in [1.807, 2.05) is 59.0 Å². The van der Waals surface area contributed by atoms with Crippen molar-refractivity contribution in [3.05, 3.63) is 136 Å². The van der Waals surface area contributed by atoms with Crippen molar-refractivity contribution in [2.45, 2.75) is 71.1 Å². The highest BCUT2D eigenvalue weighted by Gasteiger charge is 2.58. The summed E-state index contributed by atoms with van der Waals surface area (Å²) in [6, 6.07) is 16.7. The Morgan fingerprint density at radius 3 is 1.78 bits per heavy atom. The molecule has 1 saturated carbocycles. The van der Waals surface area contributed by atoms with Gasteiger partial charge in [0.1, 0.15) is 39.9 Å². The number of imidazole rings is 4. The van der Waals surface area contributed by atoms with Crippen LogP contribution in [0.3, 0.4) is 0 Å². The van der Waals surface area contributed by atoms with E-state index in [1.54, 1.807) is 51.0 Å². The van der Waals surface area contributed by atoms with E-state index in [0.717, 1.165) is 71.4 Å². The minimum absolute atomic E-state index is 0. The van der Waals surface area contributed by atoms with Gasteiger partial charge in [-0.2, -0.15) is 0 Å². The number of ether oxygens (including phenoxy) is 6. The van der Waals surface area contributed by atoms with Crippen LogP contribution in [-0.2, 0) is 53.9 Å². The summed E-state index contributed by atoms with van der Waals surface area (Å²) in [5.41, 5.74) is 7.73. The lowest BCUT2D eigenvalue weighted by Gasteiger charge is -2.23. The predicted octanol–water partition coefficient (Wildman–Crippen LogP) is 9.31. The molecule has 74 heavy (non-hydrogen) atoms. The van der Waals surface area contributed by atoms with Crippen LogP contribution in [0.1, 0.15) is 81.7 Å². The van der Waals surface area contributed by atoms with Gasteiger partial charge in [0.25, 0.3) is 5.79 Å². The summed E-state index contributed by atoms with van der Waals surface area (Å²) < 4.78 is 42.1. The average Bonchev–Trinajstić information content (AvgIpc) is 4.15. The number of methoxy groups -OCH3 is 4. The number of hydrogen-bond acceptors (Lipinski definition) is 14. The van der Waals surface area contributed by atoms with Gasteiger partial charge in [0, 0.05) is 57.3 Å². The molecule has 2 unspecified atom stereocenters. The minimum atomic E-state index is -1.01. The number of para-hydroxylation sites is 1. The van der Waals surface area contributed by atoms with Gasteiger partial charge >= 0.3 is 11.9 Å². The highest BCUT2D eigenvalue weighted by atomic mass is 35.5. The maximum absolute atomic E-state index is 12.6. The maximum atomic E-state index is 12.6. The fourth-order valence-corrected chi connectivity index (χ4v) is 10.6. The van der Waals surface area contributed by atoms with E-state index in [4.69, 9.17) is 56.6 Å². The monoisotopic (exact) mass is 1090 g/mol. The van der Waals surface area contributed by atoms with Crippen LogP contribution >= 0.6 is 48.0 Å². The number of aryl methyl sites for hydroxylation is 2. The molecule has 390 valence electrons. The standard InChI is InChI=1S/C35H35ClN6O5.C17H19ClN4O3.2ClH/c1-5-41-19-37-14-22(41)15-42-26-11-20(34(43)45-4)12-28(44-3)32(26)39-30(42)18-40-16-24-25(17-40)31(24)23-7-6-8-27-33(23)47-35(2,46-27)29-10-9-21(36)13-38-29;1-4-21-10-19-8-12(21)9-22-13-5-11(17(23)25-3)6-14(24-2)16(13)20-15(22)7-18;;/h6-14,19,24-25,31H,5,15-18H2,1-4H3;5-6,8,10H,4,7,9H2,1-3H3;2*1H/t24-,25+,31?,35?;;;. The summed E-state index contributed by atoms with van der Waals surface area (Å²) in [6.07, 6.45) is 8.93. The Morgan fingerprint density at radius 2 is 1.28 bits per heavy atom. The van der Waals surface area contributed by atoms with Crippen molar-refractivity contribution in [1.82, 2.24) is 48.1 Å². The summed E-state index contributed by atoms with van der Waals surface area (Å²) in [5, 5.41) is 0.567. The molecule has 2 aliphatic heterocycles. The molecule has 3 aliphatic rings. The van der Waals surface area contributed by atoms with Crippen LogP contribution in [0, 0.1) is 11.8 Å². The summed E-state index contributed by atoms with van der Waals surface area (Å²) in [6.45, 7) is 11.3. The summed E-state index contributed by atoms with van der Waals surface area (Å²) in [5.74, 6) is 3.97. The Bertz CT molecular complexity index is 3330. The Kier molecular flexibility index (Phi) is 16.0. The first kappa shape index (κ1) is 53.7. The first-order valence-electron chi connectivity index (χ1n) is 23.6. The van der Waals surface area contributed by atoms with Crippen LogP contribution in [0.25, 0.3) is 22.1 Å². The molecule has 7 heterocycles. The molecule has 4 atom stereocenters.